The van der Waals surface area contributed by atoms with Crippen LogP contribution in [0.1, 0.15) is 5.69 Å². The van der Waals surface area contributed by atoms with Crippen molar-refractivity contribution in [3.05, 3.63) is 29.4 Å². The van der Waals surface area contributed by atoms with Crippen molar-refractivity contribution in [3.63, 3.8) is 0 Å². The molecule has 0 atom stereocenters. The van der Waals surface area contributed by atoms with Gasteiger partial charge >= 0.3 is 0 Å². The average molecular weight is 209 g/mol. The molecule has 0 bridgehead atoms. The molecule has 5 heteroatoms. The first kappa shape index (κ1) is 7.82. The first-order chi connectivity index (χ1) is 6.84. The van der Waals surface area contributed by atoms with Gasteiger partial charge in [-0.2, -0.15) is 0 Å². The summed E-state index contributed by atoms with van der Waals surface area (Å²) in [6, 6.07) is 1.76. The van der Waals surface area contributed by atoms with Crippen LogP contribution in [-0.4, -0.2) is 9.97 Å². The van der Waals surface area contributed by atoms with E-state index in [1.54, 1.807) is 12.3 Å². The molecule has 3 rings (SSSR count). The molecule has 0 spiro atoms. The lowest BCUT2D eigenvalue weighted by Crippen LogP contribution is -2.05. The summed E-state index contributed by atoms with van der Waals surface area (Å²) in [4.78, 5) is 8.08. The Morgan fingerprint density at radius 2 is 2.29 bits per heavy atom. The Morgan fingerprint density at radius 1 is 1.36 bits per heavy atom. The molecule has 0 saturated heterocycles. The molecule has 2 aromatic heterocycles. The monoisotopic (exact) mass is 208 g/mol. The van der Waals surface area contributed by atoms with Gasteiger partial charge in [0.15, 0.2) is 12.2 Å². The van der Waals surface area contributed by atoms with Gasteiger partial charge in [0.1, 0.15) is 12.3 Å². The van der Waals surface area contributed by atoms with Crippen molar-refractivity contribution in [1.82, 2.24) is 9.97 Å². The van der Waals surface area contributed by atoms with Crippen molar-refractivity contribution < 1.29 is 9.15 Å². The Hall–Kier alpha value is -1.55. The molecule has 0 unspecified atom stereocenters. The van der Waals surface area contributed by atoms with Gasteiger partial charge in [0.2, 0.25) is 5.88 Å². The van der Waals surface area contributed by atoms with Gasteiger partial charge in [-0.05, 0) is 6.07 Å². The SMILES string of the molecule is Clc1cnc2c(c1)-c1ocnc1CO2. The number of hydrogen-bond acceptors (Lipinski definition) is 4. The molecule has 0 aromatic carbocycles. The molecule has 4 nitrogen and oxygen atoms in total. The van der Waals surface area contributed by atoms with E-state index < -0.39 is 0 Å². The van der Waals surface area contributed by atoms with E-state index in [9.17, 15) is 0 Å². The van der Waals surface area contributed by atoms with Crippen molar-refractivity contribution in [1.29, 1.82) is 0 Å². The van der Waals surface area contributed by atoms with Gasteiger partial charge in [-0.3, -0.25) is 0 Å². The summed E-state index contributed by atoms with van der Waals surface area (Å²) < 4.78 is 10.6. The summed E-state index contributed by atoms with van der Waals surface area (Å²) in [7, 11) is 0. The number of fused-ring (bicyclic) bond motifs is 3. The summed E-state index contributed by atoms with van der Waals surface area (Å²) >= 11 is 5.83. The van der Waals surface area contributed by atoms with Gasteiger partial charge in [-0.1, -0.05) is 11.6 Å². The molecule has 3 heterocycles. The van der Waals surface area contributed by atoms with Gasteiger partial charge in [0, 0.05) is 6.20 Å². The predicted molar refractivity (Wildman–Crippen MR) is 49.1 cm³/mol. The largest absolute Gasteiger partial charge is 0.470 e. The van der Waals surface area contributed by atoms with E-state index in [4.69, 9.17) is 20.8 Å². The normalized spacial score (nSPS) is 12.9. The molecule has 0 amide bonds. The topological polar surface area (TPSA) is 48.2 Å². The highest BCUT2D eigenvalue weighted by Gasteiger charge is 2.22. The van der Waals surface area contributed by atoms with Crippen LogP contribution >= 0.6 is 11.6 Å². The van der Waals surface area contributed by atoms with E-state index in [2.05, 4.69) is 9.97 Å². The zero-order valence-corrected chi connectivity index (χ0v) is 7.78. The highest BCUT2D eigenvalue weighted by Crippen LogP contribution is 2.36. The summed E-state index contributed by atoms with van der Waals surface area (Å²) in [6.07, 6.45) is 2.94. The Balaban J connectivity index is 2.28. The van der Waals surface area contributed by atoms with Crippen LogP contribution in [0.5, 0.6) is 5.88 Å². The van der Waals surface area contributed by atoms with Crippen LogP contribution in [0.4, 0.5) is 0 Å². The maximum Gasteiger partial charge on any atom is 0.225 e. The summed E-state index contributed by atoms with van der Waals surface area (Å²) in [5.74, 6) is 1.24. The van der Waals surface area contributed by atoms with Crippen LogP contribution in [0, 0.1) is 0 Å². The molecule has 70 valence electrons. The van der Waals surface area contributed by atoms with Crippen LogP contribution in [0.15, 0.2) is 23.1 Å². The lowest BCUT2D eigenvalue weighted by molar-refractivity contribution is 0.283. The van der Waals surface area contributed by atoms with E-state index in [0.29, 0.717) is 23.3 Å². The van der Waals surface area contributed by atoms with Gasteiger partial charge < -0.3 is 9.15 Å². The zero-order chi connectivity index (χ0) is 9.54. The Bertz CT molecular complexity index is 495. The average Bonchev–Trinajstić information content (AvgIpc) is 2.65. The molecular weight excluding hydrogens is 204 g/mol. The van der Waals surface area contributed by atoms with E-state index in [-0.39, 0.29) is 0 Å². The number of ether oxygens (including phenoxy) is 1. The van der Waals surface area contributed by atoms with E-state index >= 15 is 0 Å². The number of pyridine rings is 1. The van der Waals surface area contributed by atoms with Crippen LogP contribution in [0.25, 0.3) is 11.3 Å². The van der Waals surface area contributed by atoms with E-state index in [1.807, 2.05) is 0 Å². The molecule has 0 saturated carbocycles. The molecule has 1 aliphatic rings. The molecule has 0 N–H and O–H groups in total. The minimum atomic E-state index is 0.396. The number of aromatic nitrogens is 2. The maximum atomic E-state index is 5.83. The summed E-state index contributed by atoms with van der Waals surface area (Å²) in [5, 5.41) is 0.552. The predicted octanol–water partition coefficient (Wildman–Crippen LogP) is 2.28. The van der Waals surface area contributed by atoms with Gasteiger partial charge in [-0.15, -0.1) is 0 Å². The van der Waals surface area contributed by atoms with E-state index in [1.165, 1.54) is 6.39 Å². The van der Waals surface area contributed by atoms with E-state index in [0.717, 1.165) is 11.3 Å². The third-order valence-corrected chi connectivity index (χ3v) is 2.26. The zero-order valence-electron chi connectivity index (χ0n) is 7.03. The van der Waals surface area contributed by atoms with Crippen molar-refractivity contribution in [2.75, 3.05) is 0 Å². The highest BCUT2D eigenvalue weighted by atomic mass is 35.5. The second-order valence-corrected chi connectivity index (χ2v) is 3.36. The molecule has 0 fully saturated rings. The van der Waals surface area contributed by atoms with Gasteiger partial charge in [0.05, 0.1) is 10.6 Å². The second kappa shape index (κ2) is 2.72. The smallest absolute Gasteiger partial charge is 0.225 e. The van der Waals surface area contributed by atoms with Gasteiger partial charge in [-0.25, -0.2) is 9.97 Å². The van der Waals surface area contributed by atoms with Crippen LogP contribution < -0.4 is 4.74 Å². The maximum absolute atomic E-state index is 5.83. The Kier molecular flexibility index (Phi) is 1.52. The quantitative estimate of drug-likeness (QED) is 0.667. The molecule has 14 heavy (non-hydrogen) atoms. The highest BCUT2D eigenvalue weighted by molar-refractivity contribution is 6.30. The molecule has 0 aliphatic carbocycles. The molecule has 1 aliphatic heterocycles. The number of nitrogens with zero attached hydrogens (tertiary/aromatic N) is 2. The standard InChI is InChI=1S/C9H5ClN2O2/c10-5-1-6-8-7(12-4-14-8)3-13-9(6)11-2-5/h1-2,4H,3H2. The Labute approximate surface area is 84.5 Å². The number of rotatable bonds is 0. The first-order valence-electron chi connectivity index (χ1n) is 4.05. The first-order valence-corrected chi connectivity index (χ1v) is 4.43. The fourth-order valence-corrected chi connectivity index (χ4v) is 1.59. The number of halogens is 1. The van der Waals surface area contributed by atoms with Crippen molar-refractivity contribution in [2.45, 2.75) is 6.61 Å². The minimum absolute atomic E-state index is 0.396. The minimum Gasteiger partial charge on any atom is -0.470 e. The fourth-order valence-electron chi connectivity index (χ4n) is 1.43. The lowest BCUT2D eigenvalue weighted by Gasteiger charge is -2.13. The molecular formula is C9H5ClN2O2. The third-order valence-electron chi connectivity index (χ3n) is 2.05. The van der Waals surface area contributed by atoms with Crippen LogP contribution in [-0.2, 0) is 6.61 Å². The second-order valence-electron chi connectivity index (χ2n) is 2.92. The fraction of sp³-hybridized carbons (Fsp3) is 0.111. The Morgan fingerprint density at radius 3 is 3.21 bits per heavy atom. The summed E-state index contributed by atoms with van der Waals surface area (Å²) in [5.41, 5.74) is 1.54. The van der Waals surface area contributed by atoms with Crippen molar-refractivity contribution in [3.8, 4) is 17.2 Å². The van der Waals surface area contributed by atoms with Crippen LogP contribution in [0.3, 0.4) is 0 Å². The lowest BCUT2D eigenvalue weighted by atomic mass is 10.1. The van der Waals surface area contributed by atoms with Crippen molar-refractivity contribution in [2.24, 2.45) is 0 Å². The van der Waals surface area contributed by atoms with Crippen LogP contribution in [0.2, 0.25) is 5.02 Å². The third kappa shape index (κ3) is 1.01. The molecule has 2 aromatic rings. The number of hydrogen-bond donors (Lipinski definition) is 0. The van der Waals surface area contributed by atoms with Crippen molar-refractivity contribution >= 4 is 11.6 Å². The summed E-state index contributed by atoms with van der Waals surface area (Å²) in [6.45, 7) is 0.396. The molecule has 0 radical (unpaired) electrons. The van der Waals surface area contributed by atoms with Gasteiger partial charge in [0.25, 0.3) is 0 Å². The number of oxazole rings is 1.